The first-order valence-electron chi connectivity index (χ1n) is 5.85. The molecule has 0 saturated carbocycles. The zero-order valence-corrected chi connectivity index (χ0v) is 15.1. The second kappa shape index (κ2) is 27.7. The van der Waals surface area contributed by atoms with E-state index in [1.54, 1.807) is 0 Å². The van der Waals surface area contributed by atoms with E-state index in [2.05, 4.69) is 0 Å². The van der Waals surface area contributed by atoms with Crippen LogP contribution in [0.4, 0.5) is 0 Å². The first-order valence-corrected chi connectivity index (χ1v) is 5.85. The number of nitrogens with zero attached hydrogens (tertiary/aromatic N) is 2. The molecule has 0 radical (unpaired) electrons. The Kier molecular flexibility index (Phi) is 42.8. The number of likely N-dealkylation sites (N-methyl/N-ethyl adjacent to an activating group) is 2. The molecule has 0 unspecified atom stereocenters. The fourth-order valence-corrected chi connectivity index (χ4v) is 0.365. The van der Waals surface area contributed by atoms with Gasteiger partial charge in [-0.05, 0) is 41.3 Å². The molecule has 8 nitrogen and oxygen atoms in total. The molecule has 0 atom stereocenters. The third-order valence-corrected chi connectivity index (χ3v) is 1.08. The molecule has 0 amide bonds. The van der Waals surface area contributed by atoms with E-state index in [0.29, 0.717) is 13.1 Å². The summed E-state index contributed by atoms with van der Waals surface area (Å²) >= 11 is 0. The summed E-state index contributed by atoms with van der Waals surface area (Å²) < 4.78 is 0. The molecule has 0 rings (SSSR count). The van der Waals surface area contributed by atoms with Crippen molar-refractivity contribution in [3.05, 3.63) is 0 Å². The van der Waals surface area contributed by atoms with Crippen LogP contribution in [0.2, 0.25) is 0 Å². The van der Waals surface area contributed by atoms with Gasteiger partial charge in [-0.15, -0.1) is 13.2 Å². The van der Waals surface area contributed by atoms with Gasteiger partial charge in [0.2, 0.25) is 0 Å². The number of carboxylic acids is 2. The van der Waals surface area contributed by atoms with E-state index < -0.39 is 11.9 Å². The Morgan fingerprint density at radius 2 is 0.952 bits per heavy atom. The van der Waals surface area contributed by atoms with Gasteiger partial charge in [0.05, 0.1) is 0 Å². The molecular formula is C12H28N2O6Pd. The Labute approximate surface area is 141 Å². The topological polar surface area (TPSA) is 127 Å². The van der Waals surface area contributed by atoms with Crippen molar-refractivity contribution in [1.82, 2.24) is 9.80 Å². The van der Waals surface area contributed by atoms with Crippen LogP contribution in [-0.2, 0) is 30.0 Å². The van der Waals surface area contributed by atoms with Crippen LogP contribution in [-0.4, -0.2) is 86.4 Å². The number of carbonyl (C=O) groups is 2. The molecule has 0 aromatic carbocycles. The van der Waals surface area contributed by atoms with Crippen LogP contribution in [0, 0.1) is 0 Å². The zero-order valence-electron chi connectivity index (χ0n) is 13.6. The van der Waals surface area contributed by atoms with Crippen LogP contribution in [0.1, 0.15) is 13.8 Å². The van der Waals surface area contributed by atoms with E-state index in [0.717, 1.165) is 13.8 Å². The Morgan fingerprint density at radius 1 is 0.810 bits per heavy atom. The normalized spacial score (nSPS) is 8.10. The molecule has 0 saturated heterocycles. The maximum absolute atomic E-state index is 9.70. The Morgan fingerprint density at radius 3 is 0.952 bits per heavy atom. The van der Waals surface area contributed by atoms with Crippen LogP contribution >= 0.6 is 0 Å². The minimum absolute atomic E-state index is 0. The third kappa shape index (κ3) is 200. The standard InChI is InChI=1S/2C4H10NO.2C2H4O2.Pd/c2*1-5(2)3-4-6;2*1-2(3)4;/h2*3-4H2,1-2H3;2*1H3,(H,3,4);/q2*-1;;;+2. The van der Waals surface area contributed by atoms with Crippen molar-refractivity contribution >= 4 is 11.9 Å². The average molecular weight is 403 g/mol. The molecule has 2 N–H and O–H groups in total. The largest absolute Gasteiger partial charge is 2.00 e. The fourth-order valence-electron chi connectivity index (χ4n) is 0.365. The number of hydrogen-bond acceptors (Lipinski definition) is 6. The Bertz CT molecular complexity index is 186. The van der Waals surface area contributed by atoms with E-state index in [-0.39, 0.29) is 33.6 Å². The van der Waals surface area contributed by atoms with Crippen LogP contribution in [0.3, 0.4) is 0 Å². The molecule has 0 aliphatic carbocycles. The summed E-state index contributed by atoms with van der Waals surface area (Å²) in [6.45, 7) is 3.49. The van der Waals surface area contributed by atoms with E-state index in [9.17, 15) is 10.2 Å². The van der Waals surface area contributed by atoms with Crippen molar-refractivity contribution in [2.45, 2.75) is 13.8 Å². The monoisotopic (exact) mass is 402 g/mol. The van der Waals surface area contributed by atoms with Crippen molar-refractivity contribution in [3.8, 4) is 0 Å². The van der Waals surface area contributed by atoms with E-state index in [1.165, 1.54) is 0 Å². The molecule has 0 heterocycles. The molecule has 0 aliphatic rings. The quantitative estimate of drug-likeness (QED) is 0.517. The van der Waals surface area contributed by atoms with Gasteiger partial charge < -0.3 is 30.2 Å². The minimum Gasteiger partial charge on any atom is -0.854 e. The van der Waals surface area contributed by atoms with E-state index in [4.69, 9.17) is 19.8 Å². The number of rotatable bonds is 4. The number of aliphatic carboxylic acids is 2. The zero-order chi connectivity index (χ0) is 17.1. The Balaban J connectivity index is -0.0000000544. The summed E-state index contributed by atoms with van der Waals surface area (Å²) in [7, 11) is 7.55. The molecule has 21 heavy (non-hydrogen) atoms. The summed E-state index contributed by atoms with van der Waals surface area (Å²) in [5.74, 6) is -1.67. The molecule has 0 aromatic rings. The maximum atomic E-state index is 9.70. The Hall–Kier alpha value is -0.558. The van der Waals surface area contributed by atoms with E-state index >= 15 is 0 Å². The van der Waals surface area contributed by atoms with Crippen molar-refractivity contribution < 1.29 is 50.4 Å². The first-order chi connectivity index (χ1) is 9.00. The summed E-state index contributed by atoms with van der Waals surface area (Å²) in [4.78, 5) is 21.7. The number of carboxylic acid groups (broad SMARTS) is 2. The van der Waals surface area contributed by atoms with Crippen molar-refractivity contribution in [1.29, 1.82) is 0 Å². The molecule has 9 heteroatoms. The summed E-state index contributed by atoms with van der Waals surface area (Å²) in [5, 5.41) is 34.2. The van der Waals surface area contributed by atoms with Crippen LogP contribution in [0.25, 0.3) is 0 Å². The molecule has 0 aromatic heterocycles. The third-order valence-electron chi connectivity index (χ3n) is 1.08. The van der Waals surface area contributed by atoms with Gasteiger partial charge in [0, 0.05) is 13.8 Å². The molecule has 0 bridgehead atoms. The first kappa shape index (κ1) is 32.4. The van der Waals surface area contributed by atoms with E-state index in [1.807, 2.05) is 38.0 Å². The van der Waals surface area contributed by atoms with Gasteiger partial charge in [-0.25, -0.2) is 0 Å². The van der Waals surface area contributed by atoms with Gasteiger partial charge in [-0.3, -0.25) is 9.59 Å². The predicted molar refractivity (Wildman–Crippen MR) is 73.5 cm³/mol. The molecule has 0 aliphatic heterocycles. The molecular weight excluding hydrogens is 375 g/mol. The van der Waals surface area contributed by atoms with Gasteiger partial charge in [-0.1, -0.05) is 0 Å². The molecule has 0 spiro atoms. The summed E-state index contributed by atoms with van der Waals surface area (Å²) in [6.07, 6.45) is 0. The maximum Gasteiger partial charge on any atom is 2.00 e. The average Bonchev–Trinajstić information content (AvgIpc) is 2.15. The molecule has 132 valence electrons. The van der Waals surface area contributed by atoms with Gasteiger partial charge in [0.15, 0.2) is 0 Å². The minimum atomic E-state index is -0.833. The van der Waals surface area contributed by atoms with Crippen molar-refractivity contribution in [3.63, 3.8) is 0 Å². The van der Waals surface area contributed by atoms with Crippen LogP contribution < -0.4 is 10.2 Å². The fraction of sp³-hybridized carbons (Fsp3) is 0.833. The van der Waals surface area contributed by atoms with Crippen molar-refractivity contribution in [2.24, 2.45) is 0 Å². The van der Waals surface area contributed by atoms with Crippen LogP contribution in [0.5, 0.6) is 0 Å². The number of hydrogen-bond donors (Lipinski definition) is 2. The smallest absolute Gasteiger partial charge is 0.854 e. The van der Waals surface area contributed by atoms with Crippen LogP contribution in [0.15, 0.2) is 0 Å². The van der Waals surface area contributed by atoms with Gasteiger partial charge in [0.25, 0.3) is 11.9 Å². The van der Waals surface area contributed by atoms with Gasteiger partial charge in [-0.2, -0.15) is 0 Å². The van der Waals surface area contributed by atoms with Gasteiger partial charge >= 0.3 is 20.4 Å². The second-order valence-electron chi connectivity index (χ2n) is 4.05. The summed E-state index contributed by atoms with van der Waals surface area (Å²) in [5.41, 5.74) is 0. The second-order valence-corrected chi connectivity index (χ2v) is 4.05. The summed E-state index contributed by atoms with van der Waals surface area (Å²) in [6, 6.07) is 0. The van der Waals surface area contributed by atoms with Crippen molar-refractivity contribution in [2.75, 3.05) is 54.5 Å². The predicted octanol–water partition coefficient (Wildman–Crippen LogP) is -2.00. The SMILES string of the molecule is CC(=O)O.CC(=O)O.CN(C)CC[O-].CN(C)CC[O-].[Pd+2]. The van der Waals surface area contributed by atoms with Gasteiger partial charge in [0.1, 0.15) is 0 Å². The molecule has 0 fully saturated rings.